The second-order valence-corrected chi connectivity index (χ2v) is 3.93. The Morgan fingerprint density at radius 2 is 2.11 bits per heavy atom. The number of aliphatic hydroxyl groups is 1. The summed E-state index contributed by atoms with van der Waals surface area (Å²) in [5.41, 5.74) is 1.45. The average Bonchev–Trinajstić information content (AvgIpc) is 2.37. The van der Waals surface area contributed by atoms with Crippen LogP contribution in [0.2, 0.25) is 0 Å². The van der Waals surface area contributed by atoms with Crippen molar-refractivity contribution in [1.82, 2.24) is 10.6 Å². The smallest absolute Gasteiger partial charge is 0.191 e. The van der Waals surface area contributed by atoms with Crippen molar-refractivity contribution in [3.8, 4) is 0 Å². The number of benzene rings is 1. The lowest BCUT2D eigenvalue weighted by molar-refractivity contribution is 0.300. The molecular weight excluding hydrogens is 360 g/mol. The second kappa shape index (κ2) is 9.96. The quantitative estimate of drug-likeness (QED) is 0.414. The van der Waals surface area contributed by atoms with Crippen molar-refractivity contribution >= 4 is 29.9 Å². The summed E-state index contributed by atoms with van der Waals surface area (Å²) in [6.45, 7) is 5.31. The fourth-order valence-corrected chi connectivity index (χ4v) is 1.42. The lowest BCUT2D eigenvalue weighted by Gasteiger charge is -2.10. The molecular formula is C13H21FIN3O. The number of aliphatic imine (C=N–C) groups is 1. The molecule has 1 aromatic carbocycles. The molecule has 1 rings (SSSR count). The van der Waals surface area contributed by atoms with Gasteiger partial charge in [0, 0.05) is 13.1 Å². The van der Waals surface area contributed by atoms with Gasteiger partial charge in [-0.3, -0.25) is 0 Å². The number of nitrogens with one attached hydrogen (secondary N) is 2. The largest absolute Gasteiger partial charge is 0.395 e. The maximum absolute atomic E-state index is 13.3. The third-order valence-corrected chi connectivity index (χ3v) is 2.40. The van der Waals surface area contributed by atoms with Crippen LogP contribution in [0.4, 0.5) is 4.39 Å². The Labute approximate surface area is 130 Å². The third kappa shape index (κ3) is 6.72. The van der Waals surface area contributed by atoms with Crippen LogP contribution >= 0.6 is 24.0 Å². The molecule has 0 radical (unpaired) electrons. The molecule has 1 aromatic rings. The van der Waals surface area contributed by atoms with E-state index >= 15 is 0 Å². The number of halogens is 2. The standard InChI is InChI=1S/C13H20FN3O.HI/c1-3-15-13(16-6-7-18)17-9-11-5-4-10(2)12(14)8-11;/h4-5,8,18H,3,6-7,9H2,1-2H3,(H2,15,16,17);1H. The highest BCUT2D eigenvalue weighted by Crippen LogP contribution is 2.09. The van der Waals surface area contributed by atoms with Gasteiger partial charge in [-0.05, 0) is 31.0 Å². The molecule has 3 N–H and O–H groups in total. The zero-order valence-electron chi connectivity index (χ0n) is 11.2. The normalized spacial score (nSPS) is 10.8. The molecule has 0 heterocycles. The van der Waals surface area contributed by atoms with E-state index in [0.29, 0.717) is 24.6 Å². The third-order valence-electron chi connectivity index (χ3n) is 2.40. The Balaban J connectivity index is 0.00000324. The van der Waals surface area contributed by atoms with Gasteiger partial charge in [-0.2, -0.15) is 0 Å². The fraction of sp³-hybridized carbons (Fsp3) is 0.462. The predicted octanol–water partition coefficient (Wildman–Crippen LogP) is 1.80. The molecule has 0 saturated carbocycles. The van der Waals surface area contributed by atoms with E-state index in [-0.39, 0.29) is 36.4 Å². The molecule has 0 fully saturated rings. The number of aryl methyl sites for hydroxylation is 1. The number of nitrogens with zero attached hydrogens (tertiary/aromatic N) is 1. The first-order valence-electron chi connectivity index (χ1n) is 6.05. The number of rotatable bonds is 5. The lowest BCUT2D eigenvalue weighted by atomic mass is 10.1. The molecule has 0 aliphatic carbocycles. The van der Waals surface area contributed by atoms with Crippen molar-refractivity contribution in [2.45, 2.75) is 20.4 Å². The monoisotopic (exact) mass is 381 g/mol. The minimum atomic E-state index is -0.212. The molecule has 0 spiro atoms. The summed E-state index contributed by atoms with van der Waals surface area (Å²) in [6.07, 6.45) is 0. The summed E-state index contributed by atoms with van der Waals surface area (Å²) in [5.74, 6) is 0.406. The van der Waals surface area contributed by atoms with Crippen molar-refractivity contribution in [1.29, 1.82) is 0 Å². The maximum Gasteiger partial charge on any atom is 0.191 e. The molecule has 0 aliphatic rings. The van der Waals surface area contributed by atoms with Crippen molar-refractivity contribution in [2.75, 3.05) is 19.7 Å². The van der Waals surface area contributed by atoms with Crippen LogP contribution < -0.4 is 10.6 Å². The van der Waals surface area contributed by atoms with Crippen LogP contribution in [-0.2, 0) is 6.54 Å². The molecule has 0 bridgehead atoms. The van der Waals surface area contributed by atoms with Gasteiger partial charge in [-0.1, -0.05) is 12.1 Å². The average molecular weight is 381 g/mol. The van der Waals surface area contributed by atoms with Gasteiger partial charge < -0.3 is 15.7 Å². The zero-order valence-corrected chi connectivity index (χ0v) is 13.6. The van der Waals surface area contributed by atoms with Crippen molar-refractivity contribution in [3.05, 3.63) is 35.1 Å². The van der Waals surface area contributed by atoms with E-state index in [9.17, 15) is 4.39 Å². The fourth-order valence-electron chi connectivity index (χ4n) is 1.42. The van der Waals surface area contributed by atoms with Crippen molar-refractivity contribution < 1.29 is 9.50 Å². The van der Waals surface area contributed by atoms with Crippen LogP contribution in [0, 0.1) is 12.7 Å². The van der Waals surface area contributed by atoms with E-state index in [2.05, 4.69) is 15.6 Å². The van der Waals surface area contributed by atoms with E-state index in [1.54, 1.807) is 13.0 Å². The van der Waals surface area contributed by atoms with Gasteiger partial charge in [0.1, 0.15) is 5.82 Å². The lowest BCUT2D eigenvalue weighted by Crippen LogP contribution is -2.38. The minimum Gasteiger partial charge on any atom is -0.395 e. The highest BCUT2D eigenvalue weighted by Gasteiger charge is 2.00. The first kappa shape index (κ1) is 18.1. The van der Waals surface area contributed by atoms with Crippen LogP contribution in [0.3, 0.4) is 0 Å². The van der Waals surface area contributed by atoms with Gasteiger partial charge in [0.15, 0.2) is 5.96 Å². The Morgan fingerprint density at radius 1 is 1.37 bits per heavy atom. The summed E-state index contributed by atoms with van der Waals surface area (Å²) in [5, 5.41) is 14.8. The highest BCUT2D eigenvalue weighted by atomic mass is 127. The van der Waals surface area contributed by atoms with E-state index in [1.165, 1.54) is 6.07 Å². The Morgan fingerprint density at radius 3 is 2.68 bits per heavy atom. The molecule has 0 atom stereocenters. The molecule has 0 amide bonds. The second-order valence-electron chi connectivity index (χ2n) is 3.93. The zero-order chi connectivity index (χ0) is 13.4. The number of hydrogen-bond donors (Lipinski definition) is 3. The summed E-state index contributed by atoms with van der Waals surface area (Å²) in [4.78, 5) is 4.31. The van der Waals surface area contributed by atoms with Gasteiger partial charge in [-0.25, -0.2) is 9.38 Å². The maximum atomic E-state index is 13.3. The van der Waals surface area contributed by atoms with E-state index in [0.717, 1.165) is 12.1 Å². The van der Waals surface area contributed by atoms with E-state index in [1.807, 2.05) is 13.0 Å². The Hall–Kier alpha value is -0.890. The number of guanidine groups is 1. The first-order valence-corrected chi connectivity index (χ1v) is 6.05. The van der Waals surface area contributed by atoms with Crippen molar-refractivity contribution in [3.63, 3.8) is 0 Å². The van der Waals surface area contributed by atoms with Gasteiger partial charge in [0.05, 0.1) is 13.2 Å². The Bertz CT molecular complexity index is 413. The number of hydrogen-bond acceptors (Lipinski definition) is 2. The van der Waals surface area contributed by atoms with E-state index in [4.69, 9.17) is 5.11 Å². The molecule has 4 nitrogen and oxygen atoms in total. The van der Waals surface area contributed by atoms with Crippen LogP contribution in [0.15, 0.2) is 23.2 Å². The van der Waals surface area contributed by atoms with Crippen LogP contribution in [0.25, 0.3) is 0 Å². The molecule has 0 aromatic heterocycles. The topological polar surface area (TPSA) is 56.7 Å². The van der Waals surface area contributed by atoms with Crippen LogP contribution in [-0.4, -0.2) is 30.8 Å². The SMILES string of the molecule is CCNC(=NCc1ccc(C)c(F)c1)NCCO.I. The molecule has 0 aliphatic heterocycles. The van der Waals surface area contributed by atoms with Gasteiger partial charge in [0.2, 0.25) is 0 Å². The van der Waals surface area contributed by atoms with Crippen molar-refractivity contribution in [2.24, 2.45) is 4.99 Å². The molecule has 0 saturated heterocycles. The summed E-state index contributed by atoms with van der Waals surface area (Å²) < 4.78 is 13.3. The molecule has 6 heteroatoms. The van der Waals surface area contributed by atoms with Gasteiger partial charge >= 0.3 is 0 Å². The molecule has 0 unspecified atom stereocenters. The van der Waals surface area contributed by atoms with Gasteiger partial charge in [0.25, 0.3) is 0 Å². The predicted molar refractivity (Wildman–Crippen MR) is 86.5 cm³/mol. The van der Waals surface area contributed by atoms with E-state index < -0.39 is 0 Å². The molecule has 108 valence electrons. The first-order chi connectivity index (χ1) is 8.67. The molecule has 19 heavy (non-hydrogen) atoms. The summed E-state index contributed by atoms with van der Waals surface area (Å²) in [7, 11) is 0. The van der Waals surface area contributed by atoms with Gasteiger partial charge in [-0.15, -0.1) is 24.0 Å². The van der Waals surface area contributed by atoms with Crippen LogP contribution in [0.1, 0.15) is 18.1 Å². The minimum absolute atomic E-state index is 0. The number of aliphatic hydroxyl groups excluding tert-OH is 1. The summed E-state index contributed by atoms with van der Waals surface area (Å²) >= 11 is 0. The highest BCUT2D eigenvalue weighted by molar-refractivity contribution is 14.0. The summed E-state index contributed by atoms with van der Waals surface area (Å²) in [6, 6.07) is 5.10. The van der Waals surface area contributed by atoms with Crippen LogP contribution in [0.5, 0.6) is 0 Å². The Kier molecular flexibility index (Phi) is 9.50.